The van der Waals surface area contributed by atoms with E-state index in [0.29, 0.717) is 12.1 Å². The summed E-state index contributed by atoms with van der Waals surface area (Å²) in [6.45, 7) is 24.7. The fourth-order valence-corrected chi connectivity index (χ4v) is 2.89. The van der Waals surface area contributed by atoms with Crippen LogP contribution in [0.5, 0.6) is 0 Å². The molecule has 146 valence electrons. The molecule has 0 heterocycles. The van der Waals surface area contributed by atoms with Gasteiger partial charge in [0.2, 0.25) is 0 Å². The summed E-state index contributed by atoms with van der Waals surface area (Å²) in [5.41, 5.74) is 0. The molecule has 0 aliphatic rings. The van der Waals surface area contributed by atoms with E-state index in [2.05, 4.69) is 73.9 Å². The summed E-state index contributed by atoms with van der Waals surface area (Å²) in [4.78, 5) is 7.43. The average molecular weight is 344 g/mol. The van der Waals surface area contributed by atoms with Crippen molar-refractivity contribution < 1.29 is 0 Å². The van der Waals surface area contributed by atoms with Gasteiger partial charge in [-0.05, 0) is 47.8 Å². The molecule has 0 unspecified atom stereocenters. The van der Waals surface area contributed by atoms with Gasteiger partial charge in [-0.3, -0.25) is 9.80 Å². The highest BCUT2D eigenvalue weighted by atomic mass is 15.2. The number of hydrogen-bond acceptors (Lipinski definition) is 5. The molecule has 24 heavy (non-hydrogen) atoms. The van der Waals surface area contributed by atoms with E-state index in [-0.39, 0.29) is 0 Å². The molecular formula is C19H45N5. The minimum absolute atomic E-state index is 0.643. The van der Waals surface area contributed by atoms with Crippen LogP contribution in [0.2, 0.25) is 0 Å². The van der Waals surface area contributed by atoms with E-state index in [4.69, 9.17) is 0 Å². The Morgan fingerprint density at radius 3 is 1.54 bits per heavy atom. The van der Waals surface area contributed by atoms with Gasteiger partial charge in [-0.15, -0.1) is 0 Å². The van der Waals surface area contributed by atoms with E-state index in [9.17, 15) is 0 Å². The average Bonchev–Trinajstić information content (AvgIpc) is 2.53. The molecule has 0 amide bonds. The monoisotopic (exact) mass is 343 g/mol. The molecule has 0 fully saturated rings. The Labute approximate surface area is 152 Å². The molecule has 0 aromatic rings. The van der Waals surface area contributed by atoms with Crippen molar-refractivity contribution in [2.24, 2.45) is 0 Å². The normalized spacial score (nSPS) is 12.5. The predicted molar refractivity (Wildman–Crippen MR) is 108 cm³/mol. The first-order valence-electron chi connectivity index (χ1n) is 10.00. The smallest absolute Gasteiger partial charge is 0.0112 e. The quantitative estimate of drug-likeness (QED) is 0.416. The Morgan fingerprint density at radius 2 is 1.08 bits per heavy atom. The number of hydrogen-bond donors (Lipinski definition) is 2. The summed E-state index contributed by atoms with van der Waals surface area (Å²) in [5.74, 6) is 0. The van der Waals surface area contributed by atoms with E-state index >= 15 is 0 Å². The molecule has 0 aliphatic heterocycles. The van der Waals surface area contributed by atoms with Crippen LogP contribution in [-0.4, -0.2) is 99.3 Å². The van der Waals surface area contributed by atoms with Crippen LogP contribution in [-0.2, 0) is 0 Å². The molecule has 0 saturated carbocycles. The van der Waals surface area contributed by atoms with Gasteiger partial charge in [-0.2, -0.15) is 0 Å². The van der Waals surface area contributed by atoms with Crippen molar-refractivity contribution in [2.45, 2.75) is 53.6 Å². The van der Waals surface area contributed by atoms with E-state index < -0.39 is 0 Å². The van der Waals surface area contributed by atoms with Gasteiger partial charge in [0.05, 0.1) is 0 Å². The van der Waals surface area contributed by atoms with E-state index in [1.165, 1.54) is 0 Å². The van der Waals surface area contributed by atoms with Crippen LogP contribution in [0.3, 0.4) is 0 Å². The first-order chi connectivity index (χ1) is 11.4. The van der Waals surface area contributed by atoms with Crippen LogP contribution in [0.1, 0.15) is 41.5 Å². The highest BCUT2D eigenvalue weighted by Crippen LogP contribution is 1.97. The lowest BCUT2D eigenvalue weighted by molar-refractivity contribution is 0.197. The molecule has 2 N–H and O–H groups in total. The van der Waals surface area contributed by atoms with Gasteiger partial charge in [0.15, 0.2) is 0 Å². The third kappa shape index (κ3) is 12.2. The Kier molecular flexibility index (Phi) is 15.0. The minimum atomic E-state index is 0.643. The SMILES string of the molecule is CCN(CCNCCNCCN(C)CCN(CC)C(C)C)C(C)C. The van der Waals surface area contributed by atoms with Crippen LogP contribution in [0, 0.1) is 0 Å². The summed E-state index contributed by atoms with van der Waals surface area (Å²) < 4.78 is 0. The second-order valence-electron chi connectivity index (χ2n) is 7.25. The molecule has 0 atom stereocenters. The molecule has 0 rings (SSSR count). The van der Waals surface area contributed by atoms with Gasteiger partial charge < -0.3 is 15.5 Å². The predicted octanol–water partition coefficient (Wildman–Crippen LogP) is 1.56. The summed E-state index contributed by atoms with van der Waals surface area (Å²) >= 11 is 0. The van der Waals surface area contributed by atoms with E-state index in [1.54, 1.807) is 0 Å². The van der Waals surface area contributed by atoms with Crippen LogP contribution >= 0.6 is 0 Å². The van der Waals surface area contributed by atoms with E-state index in [1.807, 2.05) is 0 Å². The van der Waals surface area contributed by atoms with Gasteiger partial charge >= 0.3 is 0 Å². The fourth-order valence-electron chi connectivity index (χ4n) is 2.89. The first kappa shape index (κ1) is 23.8. The second-order valence-corrected chi connectivity index (χ2v) is 7.25. The fraction of sp³-hybridized carbons (Fsp3) is 1.00. The second kappa shape index (κ2) is 15.1. The third-order valence-corrected chi connectivity index (χ3v) is 4.77. The standard InChI is InChI=1S/C19H45N5/c1-8-23(18(3)4)15-13-21-11-10-20-12-14-22(7)16-17-24(9-2)19(5)6/h18-21H,8-17H2,1-7H3. The Hall–Kier alpha value is -0.200. The molecule has 0 aromatic carbocycles. The molecule has 5 nitrogen and oxygen atoms in total. The molecule has 0 saturated heterocycles. The van der Waals surface area contributed by atoms with Gasteiger partial charge in [0.1, 0.15) is 0 Å². The van der Waals surface area contributed by atoms with Crippen molar-refractivity contribution in [1.82, 2.24) is 25.3 Å². The van der Waals surface area contributed by atoms with Crippen molar-refractivity contribution in [3.05, 3.63) is 0 Å². The molecular weight excluding hydrogens is 298 g/mol. The topological polar surface area (TPSA) is 33.8 Å². The molecule has 0 radical (unpaired) electrons. The highest BCUT2D eigenvalue weighted by Gasteiger charge is 2.08. The summed E-state index contributed by atoms with van der Waals surface area (Å²) in [6.07, 6.45) is 0. The summed E-state index contributed by atoms with van der Waals surface area (Å²) in [6, 6.07) is 1.29. The van der Waals surface area contributed by atoms with Crippen LogP contribution in [0.4, 0.5) is 0 Å². The summed E-state index contributed by atoms with van der Waals surface area (Å²) in [7, 11) is 2.22. The van der Waals surface area contributed by atoms with Crippen molar-refractivity contribution in [3.63, 3.8) is 0 Å². The van der Waals surface area contributed by atoms with Gasteiger partial charge in [0, 0.05) is 64.4 Å². The Bertz CT molecular complexity index is 270. The Morgan fingerprint density at radius 1 is 0.625 bits per heavy atom. The van der Waals surface area contributed by atoms with E-state index in [0.717, 1.165) is 65.4 Å². The lowest BCUT2D eigenvalue weighted by Gasteiger charge is -2.27. The number of nitrogens with zero attached hydrogens (tertiary/aromatic N) is 3. The van der Waals surface area contributed by atoms with Crippen LogP contribution < -0.4 is 10.6 Å². The minimum Gasteiger partial charge on any atom is -0.314 e. The lowest BCUT2D eigenvalue weighted by atomic mass is 10.3. The number of rotatable bonds is 16. The zero-order chi connectivity index (χ0) is 18.4. The molecule has 0 bridgehead atoms. The van der Waals surface area contributed by atoms with Crippen molar-refractivity contribution >= 4 is 0 Å². The zero-order valence-electron chi connectivity index (χ0n) is 17.6. The first-order valence-corrected chi connectivity index (χ1v) is 10.00. The maximum Gasteiger partial charge on any atom is 0.0112 e. The maximum absolute atomic E-state index is 3.53. The zero-order valence-corrected chi connectivity index (χ0v) is 17.6. The maximum atomic E-state index is 3.53. The largest absolute Gasteiger partial charge is 0.314 e. The van der Waals surface area contributed by atoms with Crippen molar-refractivity contribution in [3.8, 4) is 0 Å². The molecule has 0 aliphatic carbocycles. The molecule has 0 aromatic heterocycles. The lowest BCUT2D eigenvalue weighted by Crippen LogP contribution is -2.40. The molecule has 5 heteroatoms. The van der Waals surface area contributed by atoms with Crippen LogP contribution in [0.25, 0.3) is 0 Å². The van der Waals surface area contributed by atoms with Crippen molar-refractivity contribution in [2.75, 3.05) is 72.5 Å². The Balaban J connectivity index is 3.49. The van der Waals surface area contributed by atoms with Crippen LogP contribution in [0.15, 0.2) is 0 Å². The number of likely N-dealkylation sites (N-methyl/N-ethyl adjacent to an activating group) is 3. The summed E-state index contributed by atoms with van der Waals surface area (Å²) in [5, 5.41) is 7.06. The van der Waals surface area contributed by atoms with Gasteiger partial charge in [-0.1, -0.05) is 13.8 Å². The molecule has 0 spiro atoms. The van der Waals surface area contributed by atoms with Gasteiger partial charge in [0.25, 0.3) is 0 Å². The number of nitrogens with one attached hydrogen (secondary N) is 2. The van der Waals surface area contributed by atoms with Crippen molar-refractivity contribution in [1.29, 1.82) is 0 Å². The highest BCUT2D eigenvalue weighted by molar-refractivity contribution is 4.65. The van der Waals surface area contributed by atoms with Gasteiger partial charge in [-0.25, -0.2) is 0 Å². The third-order valence-electron chi connectivity index (χ3n) is 4.77.